The smallest absolute Gasteiger partial charge is 0.437 e. The summed E-state index contributed by atoms with van der Waals surface area (Å²) < 4.78 is 49.6. The maximum absolute atomic E-state index is 12.9. The van der Waals surface area contributed by atoms with Crippen molar-refractivity contribution in [2.75, 3.05) is 5.32 Å². The molecule has 142 valence electrons. The lowest BCUT2D eigenvalue weighted by atomic mass is 10.2. The van der Waals surface area contributed by atoms with Crippen LogP contribution in [0.5, 0.6) is 5.75 Å². The lowest BCUT2D eigenvalue weighted by molar-refractivity contribution is -0.140. The van der Waals surface area contributed by atoms with Crippen LogP contribution in [0, 0.1) is 6.92 Å². The van der Waals surface area contributed by atoms with E-state index in [0.717, 1.165) is 0 Å². The number of nitrogens with zero attached hydrogens (tertiary/aromatic N) is 1. The molecule has 2 N–H and O–H groups in total. The summed E-state index contributed by atoms with van der Waals surface area (Å²) in [6.45, 7) is 1.40. The Morgan fingerprint density at radius 2 is 1.96 bits per heavy atom. The van der Waals surface area contributed by atoms with Crippen molar-refractivity contribution in [3.05, 3.63) is 64.3 Å². The molecule has 0 unspecified atom stereocenters. The predicted molar refractivity (Wildman–Crippen MR) is 90.8 cm³/mol. The monoisotopic (exact) mass is 399 g/mol. The maximum atomic E-state index is 12.9. The molecule has 2 aromatic heterocycles. The van der Waals surface area contributed by atoms with Crippen LogP contribution >= 0.6 is 11.6 Å². The van der Waals surface area contributed by atoms with Gasteiger partial charge in [0.05, 0.1) is 11.4 Å². The minimum absolute atomic E-state index is 0.0352. The van der Waals surface area contributed by atoms with E-state index in [0.29, 0.717) is 16.5 Å². The molecule has 0 aliphatic rings. The number of carbonyl (C=O) groups excluding carboxylic acids is 1. The van der Waals surface area contributed by atoms with Gasteiger partial charge in [-0.25, -0.2) is 0 Å². The fourth-order valence-electron chi connectivity index (χ4n) is 2.23. The van der Waals surface area contributed by atoms with E-state index in [2.05, 4.69) is 15.5 Å². The summed E-state index contributed by atoms with van der Waals surface area (Å²) in [6, 6.07) is 9.49. The molecule has 0 fully saturated rings. The van der Waals surface area contributed by atoms with Gasteiger partial charge in [0.15, 0.2) is 11.5 Å². The highest BCUT2D eigenvalue weighted by atomic mass is 35.5. The van der Waals surface area contributed by atoms with Gasteiger partial charge in [0.1, 0.15) is 18.1 Å². The number of rotatable bonds is 5. The first-order chi connectivity index (χ1) is 12.7. The van der Waals surface area contributed by atoms with E-state index in [4.69, 9.17) is 20.8 Å². The number of furan rings is 1. The number of amides is 1. The topological polar surface area (TPSA) is 80.2 Å². The molecule has 1 amide bonds. The number of aromatic nitrogens is 2. The number of hydrogen-bond donors (Lipinski definition) is 2. The predicted octanol–water partition coefficient (Wildman–Crippen LogP) is 4.81. The third kappa shape index (κ3) is 4.43. The van der Waals surface area contributed by atoms with Gasteiger partial charge in [-0.15, -0.1) is 0 Å². The molecule has 6 nitrogen and oxygen atoms in total. The van der Waals surface area contributed by atoms with E-state index in [1.54, 1.807) is 24.3 Å². The van der Waals surface area contributed by atoms with E-state index < -0.39 is 23.5 Å². The lowest BCUT2D eigenvalue weighted by Crippen LogP contribution is -2.16. The van der Waals surface area contributed by atoms with Gasteiger partial charge in [0.2, 0.25) is 0 Å². The lowest BCUT2D eigenvalue weighted by Gasteiger charge is -2.08. The first kappa shape index (κ1) is 18.8. The number of anilines is 1. The standard InChI is InChI=1S/C17H13ClF3N3O3/c1-9-14(15(24-23-9)17(19,20)21)22-16(25)13-7-6-12(27-13)8-26-11-4-2-10(18)3-5-11/h2-7H,8H2,1H3,(H,22,25)(H,23,24). The van der Waals surface area contributed by atoms with Gasteiger partial charge in [0.25, 0.3) is 5.91 Å². The first-order valence-corrected chi connectivity index (χ1v) is 8.02. The molecule has 0 atom stereocenters. The van der Waals surface area contributed by atoms with E-state index in [9.17, 15) is 18.0 Å². The van der Waals surface area contributed by atoms with Gasteiger partial charge in [-0.2, -0.15) is 18.3 Å². The van der Waals surface area contributed by atoms with Crippen LogP contribution in [0.4, 0.5) is 18.9 Å². The van der Waals surface area contributed by atoms with Crippen LogP contribution in [-0.4, -0.2) is 16.1 Å². The van der Waals surface area contributed by atoms with Crippen molar-refractivity contribution in [2.45, 2.75) is 19.7 Å². The van der Waals surface area contributed by atoms with Crippen molar-refractivity contribution < 1.29 is 27.1 Å². The highest BCUT2D eigenvalue weighted by Crippen LogP contribution is 2.34. The number of alkyl halides is 3. The number of carbonyl (C=O) groups is 1. The second kappa shape index (κ2) is 7.36. The van der Waals surface area contributed by atoms with E-state index >= 15 is 0 Å². The van der Waals surface area contributed by atoms with Crippen LogP contribution in [0.2, 0.25) is 5.02 Å². The molecule has 0 aliphatic heterocycles. The zero-order valence-electron chi connectivity index (χ0n) is 13.9. The molecule has 0 spiro atoms. The molecule has 10 heteroatoms. The average molecular weight is 400 g/mol. The van der Waals surface area contributed by atoms with E-state index in [-0.39, 0.29) is 18.1 Å². The van der Waals surface area contributed by atoms with Crippen molar-refractivity contribution in [3.63, 3.8) is 0 Å². The van der Waals surface area contributed by atoms with Crippen molar-refractivity contribution in [1.29, 1.82) is 0 Å². The number of aromatic amines is 1. The molecular weight excluding hydrogens is 387 g/mol. The third-order valence-electron chi connectivity index (χ3n) is 3.53. The van der Waals surface area contributed by atoms with E-state index in [1.165, 1.54) is 19.1 Å². The number of hydrogen-bond acceptors (Lipinski definition) is 4. The zero-order chi connectivity index (χ0) is 19.6. The molecule has 2 heterocycles. The highest BCUT2D eigenvalue weighted by molar-refractivity contribution is 6.30. The number of aryl methyl sites for hydroxylation is 1. The second-order valence-corrected chi connectivity index (χ2v) is 5.97. The molecular formula is C17H13ClF3N3O3. The Hall–Kier alpha value is -2.94. The van der Waals surface area contributed by atoms with Crippen LogP contribution in [0.1, 0.15) is 27.7 Å². The Morgan fingerprint density at radius 1 is 1.26 bits per heavy atom. The van der Waals surface area contributed by atoms with Crippen molar-refractivity contribution in [1.82, 2.24) is 10.2 Å². The SMILES string of the molecule is Cc1[nH]nc(C(F)(F)F)c1NC(=O)c1ccc(COc2ccc(Cl)cc2)o1. The summed E-state index contributed by atoms with van der Waals surface area (Å²) in [5.74, 6) is -0.109. The Morgan fingerprint density at radius 3 is 2.63 bits per heavy atom. The number of halogens is 4. The summed E-state index contributed by atoms with van der Waals surface area (Å²) in [4.78, 5) is 12.2. The van der Waals surface area contributed by atoms with Gasteiger partial charge in [-0.1, -0.05) is 11.6 Å². The van der Waals surface area contributed by atoms with Gasteiger partial charge >= 0.3 is 6.18 Å². The molecule has 0 saturated carbocycles. The molecule has 27 heavy (non-hydrogen) atoms. The number of H-pyrrole nitrogens is 1. The van der Waals surface area contributed by atoms with Crippen LogP contribution < -0.4 is 10.1 Å². The summed E-state index contributed by atoms with van der Waals surface area (Å²) in [5, 5.41) is 8.12. The second-order valence-electron chi connectivity index (χ2n) is 5.53. The number of nitrogens with one attached hydrogen (secondary N) is 2. The minimum Gasteiger partial charge on any atom is -0.486 e. The maximum Gasteiger partial charge on any atom is 0.437 e. The minimum atomic E-state index is -4.70. The fourth-order valence-corrected chi connectivity index (χ4v) is 2.35. The summed E-state index contributed by atoms with van der Waals surface area (Å²) in [6.07, 6.45) is -4.70. The fraction of sp³-hybridized carbons (Fsp3) is 0.176. The molecule has 0 aliphatic carbocycles. The quantitative estimate of drug-likeness (QED) is 0.645. The molecule has 0 radical (unpaired) electrons. The zero-order valence-corrected chi connectivity index (χ0v) is 14.6. The van der Waals surface area contributed by atoms with Gasteiger partial charge in [-0.3, -0.25) is 9.89 Å². The normalized spacial score (nSPS) is 11.4. The molecule has 1 aromatic carbocycles. The average Bonchev–Trinajstić information content (AvgIpc) is 3.21. The number of ether oxygens (including phenoxy) is 1. The molecule has 0 saturated heterocycles. The van der Waals surface area contributed by atoms with Crippen LogP contribution in [-0.2, 0) is 12.8 Å². The Labute approximate surface area is 156 Å². The summed E-state index contributed by atoms with van der Waals surface area (Å²) in [7, 11) is 0. The highest BCUT2D eigenvalue weighted by Gasteiger charge is 2.38. The Bertz CT molecular complexity index is 948. The number of benzene rings is 1. The largest absolute Gasteiger partial charge is 0.486 e. The van der Waals surface area contributed by atoms with Crippen LogP contribution in [0.3, 0.4) is 0 Å². The molecule has 3 aromatic rings. The van der Waals surface area contributed by atoms with Gasteiger partial charge in [0, 0.05) is 5.02 Å². The van der Waals surface area contributed by atoms with Crippen molar-refractivity contribution in [2.24, 2.45) is 0 Å². The third-order valence-corrected chi connectivity index (χ3v) is 3.79. The molecule has 3 rings (SSSR count). The molecule has 0 bridgehead atoms. The Balaban J connectivity index is 1.67. The van der Waals surface area contributed by atoms with Gasteiger partial charge in [-0.05, 0) is 43.3 Å². The van der Waals surface area contributed by atoms with Gasteiger partial charge < -0.3 is 14.5 Å². The van der Waals surface area contributed by atoms with Crippen LogP contribution in [0.15, 0.2) is 40.8 Å². The summed E-state index contributed by atoms with van der Waals surface area (Å²) in [5.41, 5.74) is -1.57. The first-order valence-electron chi connectivity index (χ1n) is 7.64. The van der Waals surface area contributed by atoms with E-state index in [1.807, 2.05) is 0 Å². The summed E-state index contributed by atoms with van der Waals surface area (Å²) >= 11 is 5.78. The van der Waals surface area contributed by atoms with Crippen molar-refractivity contribution >= 4 is 23.2 Å². The van der Waals surface area contributed by atoms with Crippen molar-refractivity contribution in [3.8, 4) is 5.75 Å². The van der Waals surface area contributed by atoms with Crippen LogP contribution in [0.25, 0.3) is 0 Å². The Kier molecular flexibility index (Phi) is 5.13.